The molecule has 0 saturated heterocycles. The van der Waals surface area contributed by atoms with Crippen molar-refractivity contribution in [1.82, 2.24) is 10.6 Å². The van der Waals surface area contributed by atoms with Crippen LogP contribution in [0.1, 0.15) is 59.3 Å². The number of ether oxygens (including phenoxy) is 1. The Morgan fingerprint density at radius 3 is 2.52 bits per heavy atom. The van der Waals surface area contributed by atoms with Crippen LogP contribution < -0.4 is 10.6 Å². The topological polar surface area (TPSA) is 87.7 Å². The summed E-state index contributed by atoms with van der Waals surface area (Å²) in [6.45, 7) is 10.4. The molecule has 0 spiro atoms. The number of rotatable bonds is 16. The van der Waals surface area contributed by atoms with Crippen molar-refractivity contribution in [3.63, 3.8) is 0 Å². The Morgan fingerprint density at radius 2 is 1.93 bits per heavy atom. The first-order chi connectivity index (χ1) is 13.8. The second-order valence-corrected chi connectivity index (χ2v) is 7.50. The zero-order valence-corrected chi connectivity index (χ0v) is 18.6. The number of hydrogen-bond acceptors (Lipinski definition) is 5. The standard InChI is InChI=1S/C23H40N2O4/c1-6-9-10-11-12-13-17-24-18-20(26)21(27)25-19(14-7-2)15-16-23(4,8-3)22(28)29-5/h6,9-12,19-20,24,26H,1,7-8,13-18H2,2-5H3,(H,25,27)/b10-9-,12-11-. The molecule has 0 saturated carbocycles. The quantitative estimate of drug-likeness (QED) is 0.207. The van der Waals surface area contributed by atoms with Crippen molar-refractivity contribution in [2.75, 3.05) is 20.2 Å². The molecule has 0 aliphatic carbocycles. The Hall–Kier alpha value is -1.92. The van der Waals surface area contributed by atoms with Crippen molar-refractivity contribution in [2.45, 2.75) is 71.4 Å². The highest BCUT2D eigenvalue weighted by Crippen LogP contribution is 2.30. The van der Waals surface area contributed by atoms with Gasteiger partial charge in [-0.25, -0.2) is 0 Å². The first-order valence-corrected chi connectivity index (χ1v) is 10.6. The summed E-state index contributed by atoms with van der Waals surface area (Å²) in [5, 5.41) is 16.1. The van der Waals surface area contributed by atoms with E-state index in [1.165, 1.54) is 7.11 Å². The SMILES string of the molecule is C=C/C=C\C=C/CCNCC(O)C(=O)NC(CCC)CCC(C)(CC)C(=O)OC. The molecule has 0 aromatic carbocycles. The molecule has 0 rings (SSSR count). The van der Waals surface area contributed by atoms with Gasteiger partial charge in [-0.05, 0) is 45.6 Å². The predicted molar refractivity (Wildman–Crippen MR) is 118 cm³/mol. The Morgan fingerprint density at radius 1 is 1.21 bits per heavy atom. The third-order valence-corrected chi connectivity index (χ3v) is 5.11. The fourth-order valence-corrected chi connectivity index (χ4v) is 2.93. The summed E-state index contributed by atoms with van der Waals surface area (Å²) in [6.07, 6.45) is 12.8. The van der Waals surface area contributed by atoms with Crippen molar-refractivity contribution < 1.29 is 19.4 Å². The Bertz CT molecular complexity index is 545. The first kappa shape index (κ1) is 27.1. The number of methoxy groups -OCH3 is 1. The lowest BCUT2D eigenvalue weighted by Crippen LogP contribution is -2.46. The second kappa shape index (κ2) is 15.9. The number of amides is 1. The van der Waals surface area contributed by atoms with E-state index in [1.54, 1.807) is 6.08 Å². The van der Waals surface area contributed by atoms with Gasteiger partial charge in [-0.1, -0.05) is 57.2 Å². The molecule has 0 radical (unpaired) electrons. The minimum Gasteiger partial charge on any atom is -0.469 e. The molecular weight excluding hydrogens is 368 g/mol. The molecule has 166 valence electrons. The van der Waals surface area contributed by atoms with Crippen molar-refractivity contribution in [3.8, 4) is 0 Å². The van der Waals surface area contributed by atoms with Crippen LogP contribution in [0, 0.1) is 5.41 Å². The van der Waals surface area contributed by atoms with Crippen LogP contribution in [-0.2, 0) is 14.3 Å². The van der Waals surface area contributed by atoms with Crippen LogP contribution >= 0.6 is 0 Å². The molecule has 3 unspecified atom stereocenters. The van der Waals surface area contributed by atoms with Crippen LogP contribution in [-0.4, -0.2) is 49.3 Å². The van der Waals surface area contributed by atoms with Crippen LogP contribution in [0.25, 0.3) is 0 Å². The Kier molecular flexibility index (Phi) is 14.9. The van der Waals surface area contributed by atoms with Crippen LogP contribution in [0.5, 0.6) is 0 Å². The van der Waals surface area contributed by atoms with Gasteiger partial charge in [0.1, 0.15) is 6.10 Å². The molecule has 0 aliphatic heterocycles. The monoisotopic (exact) mass is 408 g/mol. The van der Waals surface area contributed by atoms with E-state index >= 15 is 0 Å². The molecular formula is C23H40N2O4. The number of aliphatic hydroxyl groups excluding tert-OH is 1. The number of allylic oxidation sites excluding steroid dienone is 4. The Balaban J connectivity index is 4.43. The molecule has 1 amide bonds. The van der Waals surface area contributed by atoms with Gasteiger partial charge in [0.15, 0.2) is 0 Å². The number of hydrogen-bond donors (Lipinski definition) is 3. The summed E-state index contributed by atoms with van der Waals surface area (Å²) in [6, 6.07) is -0.0720. The zero-order valence-electron chi connectivity index (χ0n) is 18.6. The maximum absolute atomic E-state index is 12.3. The maximum atomic E-state index is 12.3. The van der Waals surface area contributed by atoms with Crippen molar-refractivity contribution in [3.05, 3.63) is 37.0 Å². The average molecular weight is 409 g/mol. The van der Waals surface area contributed by atoms with Crippen LogP contribution in [0.3, 0.4) is 0 Å². The summed E-state index contributed by atoms with van der Waals surface area (Å²) in [4.78, 5) is 24.4. The van der Waals surface area contributed by atoms with E-state index in [0.29, 0.717) is 25.8 Å². The van der Waals surface area contributed by atoms with Gasteiger partial charge in [-0.3, -0.25) is 9.59 Å². The number of carbonyl (C=O) groups is 2. The molecule has 0 heterocycles. The molecule has 3 N–H and O–H groups in total. The smallest absolute Gasteiger partial charge is 0.311 e. The van der Waals surface area contributed by atoms with E-state index in [4.69, 9.17) is 4.74 Å². The van der Waals surface area contributed by atoms with Gasteiger partial charge in [0, 0.05) is 12.6 Å². The fraction of sp³-hybridized carbons (Fsp3) is 0.652. The molecule has 0 aromatic heterocycles. The van der Waals surface area contributed by atoms with Crippen LogP contribution in [0.15, 0.2) is 37.0 Å². The van der Waals surface area contributed by atoms with E-state index in [1.807, 2.05) is 45.1 Å². The van der Waals surface area contributed by atoms with E-state index in [2.05, 4.69) is 17.2 Å². The highest BCUT2D eigenvalue weighted by atomic mass is 16.5. The number of nitrogens with one attached hydrogen (secondary N) is 2. The fourth-order valence-electron chi connectivity index (χ4n) is 2.93. The third kappa shape index (κ3) is 11.6. The van der Waals surface area contributed by atoms with Crippen molar-refractivity contribution in [2.24, 2.45) is 5.41 Å². The highest BCUT2D eigenvalue weighted by Gasteiger charge is 2.33. The maximum Gasteiger partial charge on any atom is 0.311 e. The number of carbonyl (C=O) groups excluding carboxylic acids is 2. The van der Waals surface area contributed by atoms with E-state index in [-0.39, 0.29) is 24.5 Å². The van der Waals surface area contributed by atoms with Gasteiger partial charge < -0.3 is 20.5 Å². The molecule has 0 aromatic rings. The van der Waals surface area contributed by atoms with Gasteiger partial charge in [0.25, 0.3) is 0 Å². The lowest BCUT2D eigenvalue weighted by Gasteiger charge is -2.28. The highest BCUT2D eigenvalue weighted by molar-refractivity contribution is 5.81. The number of aliphatic hydroxyl groups is 1. The largest absolute Gasteiger partial charge is 0.469 e. The number of esters is 1. The van der Waals surface area contributed by atoms with Gasteiger partial charge in [0.2, 0.25) is 5.91 Å². The van der Waals surface area contributed by atoms with Gasteiger partial charge >= 0.3 is 5.97 Å². The van der Waals surface area contributed by atoms with Crippen LogP contribution in [0.4, 0.5) is 0 Å². The van der Waals surface area contributed by atoms with Gasteiger partial charge in [-0.15, -0.1) is 0 Å². The van der Waals surface area contributed by atoms with Gasteiger partial charge in [-0.2, -0.15) is 0 Å². The van der Waals surface area contributed by atoms with Crippen LogP contribution in [0.2, 0.25) is 0 Å². The van der Waals surface area contributed by atoms with E-state index in [9.17, 15) is 14.7 Å². The van der Waals surface area contributed by atoms with Gasteiger partial charge in [0.05, 0.1) is 12.5 Å². The summed E-state index contributed by atoms with van der Waals surface area (Å²) in [5.74, 6) is -0.600. The minimum atomic E-state index is -1.10. The molecule has 0 bridgehead atoms. The second-order valence-electron chi connectivity index (χ2n) is 7.50. The van der Waals surface area contributed by atoms with E-state index in [0.717, 1.165) is 19.3 Å². The summed E-state index contributed by atoms with van der Waals surface area (Å²) < 4.78 is 4.92. The summed E-state index contributed by atoms with van der Waals surface area (Å²) in [5.41, 5.74) is -0.556. The van der Waals surface area contributed by atoms with E-state index < -0.39 is 11.5 Å². The molecule has 3 atom stereocenters. The lowest BCUT2D eigenvalue weighted by atomic mass is 9.81. The minimum absolute atomic E-state index is 0.0720. The lowest BCUT2D eigenvalue weighted by molar-refractivity contribution is -0.152. The summed E-state index contributed by atoms with van der Waals surface area (Å²) in [7, 11) is 1.40. The molecule has 6 heteroatoms. The first-order valence-electron chi connectivity index (χ1n) is 10.6. The normalized spacial score (nSPS) is 15.8. The molecule has 29 heavy (non-hydrogen) atoms. The average Bonchev–Trinajstić information content (AvgIpc) is 2.72. The zero-order chi connectivity index (χ0) is 22.1. The predicted octanol–water partition coefficient (Wildman–Crippen LogP) is 3.28. The Labute approximate surface area is 176 Å². The summed E-state index contributed by atoms with van der Waals surface area (Å²) >= 11 is 0. The third-order valence-electron chi connectivity index (χ3n) is 5.11. The van der Waals surface area contributed by atoms with Crippen molar-refractivity contribution >= 4 is 11.9 Å². The molecule has 6 nitrogen and oxygen atoms in total. The molecule has 0 aliphatic rings. The molecule has 0 fully saturated rings. The van der Waals surface area contributed by atoms with Crippen molar-refractivity contribution in [1.29, 1.82) is 0 Å².